The Bertz CT molecular complexity index is 559. The monoisotopic (exact) mass is 270 g/mol. The Morgan fingerprint density at radius 3 is 2.40 bits per heavy atom. The second-order valence-electron chi connectivity index (χ2n) is 5.23. The highest BCUT2D eigenvalue weighted by Gasteiger charge is 2.09. The van der Waals surface area contributed by atoms with Gasteiger partial charge in [-0.15, -0.1) is 0 Å². The maximum atomic E-state index is 13.2. The van der Waals surface area contributed by atoms with Gasteiger partial charge in [-0.05, 0) is 28.8 Å². The average Bonchev–Trinajstić information content (AvgIpc) is 2.49. The van der Waals surface area contributed by atoms with E-state index in [9.17, 15) is 4.39 Å². The molecule has 0 saturated carbocycles. The van der Waals surface area contributed by atoms with Crippen molar-refractivity contribution in [3.8, 4) is 11.1 Å². The molecule has 1 heterocycles. The topological polar surface area (TPSA) is 15.3 Å². The normalized spacial score (nSPS) is 16.2. The molecule has 1 fully saturated rings. The van der Waals surface area contributed by atoms with Gasteiger partial charge in [0.1, 0.15) is 5.82 Å². The fourth-order valence-corrected chi connectivity index (χ4v) is 2.60. The molecule has 1 aliphatic heterocycles. The van der Waals surface area contributed by atoms with Crippen LogP contribution in [-0.4, -0.2) is 31.1 Å². The van der Waals surface area contributed by atoms with Crippen molar-refractivity contribution in [2.24, 2.45) is 0 Å². The lowest BCUT2D eigenvalue weighted by atomic mass is 10.0. The second-order valence-corrected chi connectivity index (χ2v) is 5.23. The van der Waals surface area contributed by atoms with Crippen LogP contribution in [0.5, 0.6) is 0 Å². The lowest BCUT2D eigenvalue weighted by molar-refractivity contribution is 0.233. The van der Waals surface area contributed by atoms with Gasteiger partial charge in [0, 0.05) is 32.7 Å². The summed E-state index contributed by atoms with van der Waals surface area (Å²) in [5.41, 5.74) is 3.30. The minimum absolute atomic E-state index is 0.188. The third kappa shape index (κ3) is 3.24. The summed E-state index contributed by atoms with van der Waals surface area (Å²) in [4.78, 5) is 2.45. The van der Waals surface area contributed by atoms with Crippen LogP contribution in [-0.2, 0) is 6.54 Å². The first kappa shape index (κ1) is 13.3. The predicted molar refractivity (Wildman–Crippen MR) is 80.0 cm³/mol. The largest absolute Gasteiger partial charge is 0.314 e. The van der Waals surface area contributed by atoms with E-state index < -0.39 is 0 Å². The molecule has 1 N–H and O–H groups in total. The molecule has 2 nitrogen and oxygen atoms in total. The lowest BCUT2D eigenvalue weighted by Gasteiger charge is -2.27. The number of piperazine rings is 1. The van der Waals surface area contributed by atoms with Crippen LogP contribution in [0.25, 0.3) is 11.1 Å². The zero-order valence-corrected chi connectivity index (χ0v) is 11.5. The third-order valence-electron chi connectivity index (χ3n) is 3.73. The van der Waals surface area contributed by atoms with E-state index in [0.29, 0.717) is 0 Å². The fraction of sp³-hybridized carbons (Fsp3) is 0.294. The molecule has 0 spiro atoms. The van der Waals surface area contributed by atoms with Crippen molar-refractivity contribution in [2.75, 3.05) is 26.2 Å². The summed E-state index contributed by atoms with van der Waals surface area (Å²) < 4.78 is 13.2. The van der Waals surface area contributed by atoms with Crippen LogP contribution in [0.4, 0.5) is 4.39 Å². The molecule has 0 bridgehead atoms. The Morgan fingerprint density at radius 2 is 1.70 bits per heavy atom. The molecule has 0 atom stereocenters. The summed E-state index contributed by atoms with van der Waals surface area (Å²) in [6.07, 6.45) is 0. The highest BCUT2D eigenvalue weighted by molar-refractivity contribution is 5.63. The average molecular weight is 270 g/mol. The highest BCUT2D eigenvalue weighted by atomic mass is 19.1. The fourth-order valence-electron chi connectivity index (χ4n) is 2.60. The van der Waals surface area contributed by atoms with Gasteiger partial charge in [-0.3, -0.25) is 4.90 Å². The zero-order chi connectivity index (χ0) is 13.8. The Kier molecular flexibility index (Phi) is 4.09. The minimum atomic E-state index is -0.188. The molecule has 0 radical (unpaired) electrons. The first-order valence-electron chi connectivity index (χ1n) is 7.09. The van der Waals surface area contributed by atoms with E-state index in [4.69, 9.17) is 0 Å². The van der Waals surface area contributed by atoms with Crippen molar-refractivity contribution in [1.29, 1.82) is 0 Å². The quantitative estimate of drug-likeness (QED) is 0.922. The molecule has 0 amide bonds. The summed E-state index contributed by atoms with van der Waals surface area (Å²) in [7, 11) is 0. The summed E-state index contributed by atoms with van der Waals surface area (Å²) in [5.74, 6) is -0.188. The molecule has 20 heavy (non-hydrogen) atoms. The smallest absolute Gasteiger partial charge is 0.123 e. The second kappa shape index (κ2) is 6.16. The zero-order valence-electron chi connectivity index (χ0n) is 11.5. The van der Waals surface area contributed by atoms with Crippen molar-refractivity contribution in [2.45, 2.75) is 6.54 Å². The molecule has 0 aliphatic carbocycles. The number of halogens is 1. The third-order valence-corrected chi connectivity index (χ3v) is 3.73. The number of rotatable bonds is 3. The van der Waals surface area contributed by atoms with Gasteiger partial charge in [0.25, 0.3) is 0 Å². The molecule has 1 aliphatic rings. The Hall–Kier alpha value is -1.71. The van der Waals surface area contributed by atoms with E-state index in [-0.39, 0.29) is 5.82 Å². The molecule has 104 valence electrons. The van der Waals surface area contributed by atoms with E-state index in [1.165, 1.54) is 11.6 Å². The van der Waals surface area contributed by atoms with Crippen LogP contribution in [0.1, 0.15) is 5.56 Å². The van der Waals surface area contributed by atoms with Crippen LogP contribution >= 0.6 is 0 Å². The van der Waals surface area contributed by atoms with Gasteiger partial charge < -0.3 is 5.32 Å². The van der Waals surface area contributed by atoms with Crippen LogP contribution in [0.2, 0.25) is 0 Å². The van der Waals surface area contributed by atoms with E-state index >= 15 is 0 Å². The Balaban J connectivity index is 1.71. The molecular formula is C17H19FN2. The molecule has 0 unspecified atom stereocenters. The lowest BCUT2D eigenvalue weighted by Crippen LogP contribution is -2.42. The predicted octanol–water partition coefficient (Wildman–Crippen LogP) is 2.90. The summed E-state index contributed by atoms with van der Waals surface area (Å²) in [6.45, 7) is 5.34. The highest BCUT2D eigenvalue weighted by Crippen LogP contribution is 2.21. The van der Waals surface area contributed by atoms with Gasteiger partial charge in [-0.25, -0.2) is 4.39 Å². The molecule has 3 rings (SSSR count). The minimum Gasteiger partial charge on any atom is -0.314 e. The van der Waals surface area contributed by atoms with Gasteiger partial charge in [-0.2, -0.15) is 0 Å². The first-order valence-corrected chi connectivity index (χ1v) is 7.09. The molecule has 1 saturated heterocycles. The van der Waals surface area contributed by atoms with E-state index in [1.54, 1.807) is 12.1 Å². The van der Waals surface area contributed by atoms with Crippen LogP contribution < -0.4 is 5.32 Å². The number of nitrogens with one attached hydrogen (secondary N) is 1. The van der Waals surface area contributed by atoms with Crippen molar-refractivity contribution in [3.05, 3.63) is 59.9 Å². The van der Waals surface area contributed by atoms with Crippen molar-refractivity contribution in [1.82, 2.24) is 10.2 Å². The maximum Gasteiger partial charge on any atom is 0.123 e. The standard InChI is InChI=1S/C17H19FN2/c18-17-3-1-2-16(12-17)15-6-4-14(5-7-15)13-20-10-8-19-9-11-20/h1-7,12,19H,8-11,13H2. The number of benzene rings is 2. The van der Waals surface area contributed by atoms with Gasteiger partial charge in [0.15, 0.2) is 0 Å². The molecule has 2 aromatic carbocycles. The Labute approximate surface area is 119 Å². The molecule has 0 aromatic heterocycles. The van der Waals surface area contributed by atoms with Crippen LogP contribution in [0.3, 0.4) is 0 Å². The molecular weight excluding hydrogens is 251 g/mol. The van der Waals surface area contributed by atoms with Crippen LogP contribution in [0, 0.1) is 5.82 Å². The summed E-state index contributed by atoms with van der Waals surface area (Å²) >= 11 is 0. The number of hydrogen-bond donors (Lipinski definition) is 1. The number of nitrogens with zero attached hydrogens (tertiary/aromatic N) is 1. The summed E-state index contributed by atoms with van der Waals surface area (Å²) in [5, 5.41) is 3.36. The van der Waals surface area contributed by atoms with Crippen molar-refractivity contribution >= 4 is 0 Å². The number of hydrogen-bond acceptors (Lipinski definition) is 2. The van der Waals surface area contributed by atoms with Crippen molar-refractivity contribution in [3.63, 3.8) is 0 Å². The van der Waals surface area contributed by atoms with E-state index in [2.05, 4.69) is 34.5 Å². The maximum absolute atomic E-state index is 13.2. The Morgan fingerprint density at radius 1 is 0.950 bits per heavy atom. The molecule has 3 heteroatoms. The molecule has 2 aromatic rings. The van der Waals surface area contributed by atoms with E-state index in [1.807, 2.05) is 6.07 Å². The van der Waals surface area contributed by atoms with Crippen LogP contribution in [0.15, 0.2) is 48.5 Å². The van der Waals surface area contributed by atoms with Gasteiger partial charge in [0.2, 0.25) is 0 Å². The van der Waals surface area contributed by atoms with Gasteiger partial charge in [-0.1, -0.05) is 36.4 Å². The van der Waals surface area contributed by atoms with Gasteiger partial charge in [0.05, 0.1) is 0 Å². The SMILES string of the molecule is Fc1cccc(-c2ccc(CN3CCNCC3)cc2)c1. The van der Waals surface area contributed by atoms with Gasteiger partial charge >= 0.3 is 0 Å². The first-order chi connectivity index (χ1) is 9.81. The van der Waals surface area contributed by atoms with Crippen molar-refractivity contribution < 1.29 is 4.39 Å². The summed E-state index contributed by atoms with van der Waals surface area (Å²) in [6, 6.07) is 15.2. The van der Waals surface area contributed by atoms with E-state index in [0.717, 1.165) is 43.9 Å².